The minimum atomic E-state index is -0.108. The molecule has 1 aliphatic rings. The zero-order chi connectivity index (χ0) is 20.8. The summed E-state index contributed by atoms with van der Waals surface area (Å²) in [7, 11) is 1.63. The quantitative estimate of drug-likeness (QED) is 0.615. The van der Waals surface area contributed by atoms with E-state index >= 15 is 0 Å². The van der Waals surface area contributed by atoms with Crippen molar-refractivity contribution < 1.29 is 14.3 Å². The molecule has 1 saturated carbocycles. The van der Waals surface area contributed by atoms with Crippen molar-refractivity contribution in [3.05, 3.63) is 35.3 Å². The van der Waals surface area contributed by atoms with Gasteiger partial charge in [-0.3, -0.25) is 9.59 Å². The van der Waals surface area contributed by atoms with Gasteiger partial charge in [-0.1, -0.05) is 6.92 Å². The van der Waals surface area contributed by atoms with E-state index in [9.17, 15) is 9.59 Å². The number of nitrogens with zero attached hydrogens (tertiary/aromatic N) is 2. The molecule has 0 saturated heterocycles. The molecule has 7 nitrogen and oxygen atoms in total. The Balaban J connectivity index is 1.59. The van der Waals surface area contributed by atoms with Crippen molar-refractivity contribution in [2.24, 2.45) is 0 Å². The highest BCUT2D eigenvalue weighted by Crippen LogP contribution is 2.30. The highest BCUT2D eigenvalue weighted by molar-refractivity contribution is 7.14. The summed E-state index contributed by atoms with van der Waals surface area (Å²) >= 11 is 1.39. The van der Waals surface area contributed by atoms with Crippen molar-refractivity contribution in [2.45, 2.75) is 51.6 Å². The van der Waals surface area contributed by atoms with E-state index in [-0.39, 0.29) is 23.9 Å². The monoisotopic (exact) mass is 416 g/mol. The van der Waals surface area contributed by atoms with Crippen molar-refractivity contribution >= 4 is 34.0 Å². The standard InChI is InChI=1S/C21H28N4O3S/c1-4-14(2)22-19(26)11-12-25(16-7-8-16)20(27)18-13-29-21(24-18)23-15-5-9-17(28-3)10-6-15/h5-6,9-10,13-14,16H,4,7-8,11-12H2,1-3H3,(H,22,26)(H,23,24). The topological polar surface area (TPSA) is 83.6 Å². The third-order valence-corrected chi connectivity index (χ3v) is 5.67. The average molecular weight is 417 g/mol. The molecule has 1 unspecified atom stereocenters. The van der Waals surface area contributed by atoms with E-state index in [1.807, 2.05) is 38.1 Å². The molecule has 0 spiro atoms. The van der Waals surface area contributed by atoms with Gasteiger partial charge in [0.2, 0.25) is 5.91 Å². The molecule has 1 fully saturated rings. The van der Waals surface area contributed by atoms with E-state index in [1.165, 1.54) is 11.3 Å². The summed E-state index contributed by atoms with van der Waals surface area (Å²) < 4.78 is 5.16. The molecule has 2 N–H and O–H groups in total. The molecule has 3 rings (SSSR count). The van der Waals surface area contributed by atoms with Crippen molar-refractivity contribution in [1.82, 2.24) is 15.2 Å². The Kier molecular flexibility index (Phi) is 7.09. The first-order valence-corrected chi connectivity index (χ1v) is 10.8. The third-order valence-electron chi connectivity index (χ3n) is 4.91. The molecular weight excluding hydrogens is 388 g/mol. The fraction of sp³-hybridized carbons (Fsp3) is 0.476. The molecule has 2 amide bonds. The minimum absolute atomic E-state index is 0.0158. The SMILES string of the molecule is CCC(C)NC(=O)CCN(C(=O)c1csc(Nc2ccc(OC)cc2)n1)C1CC1. The Morgan fingerprint density at radius 2 is 2.03 bits per heavy atom. The maximum Gasteiger partial charge on any atom is 0.273 e. The van der Waals surface area contributed by atoms with Crippen LogP contribution in [0.4, 0.5) is 10.8 Å². The fourth-order valence-electron chi connectivity index (χ4n) is 2.88. The van der Waals surface area contributed by atoms with Gasteiger partial charge in [-0.05, 0) is 50.5 Å². The van der Waals surface area contributed by atoms with Crippen LogP contribution in [0, 0.1) is 0 Å². The third kappa shape index (κ3) is 5.93. The van der Waals surface area contributed by atoms with Crippen molar-refractivity contribution in [2.75, 3.05) is 19.0 Å². The van der Waals surface area contributed by atoms with Gasteiger partial charge >= 0.3 is 0 Å². The zero-order valence-electron chi connectivity index (χ0n) is 17.1. The summed E-state index contributed by atoms with van der Waals surface area (Å²) in [5.41, 5.74) is 1.29. The van der Waals surface area contributed by atoms with Gasteiger partial charge in [-0.2, -0.15) is 0 Å². The predicted molar refractivity (Wildman–Crippen MR) is 115 cm³/mol. The van der Waals surface area contributed by atoms with Crippen LogP contribution < -0.4 is 15.4 Å². The van der Waals surface area contributed by atoms with E-state index < -0.39 is 0 Å². The zero-order valence-corrected chi connectivity index (χ0v) is 17.9. The fourth-order valence-corrected chi connectivity index (χ4v) is 3.59. The molecule has 1 aliphatic carbocycles. The number of methoxy groups -OCH3 is 1. The van der Waals surface area contributed by atoms with Gasteiger partial charge in [0.1, 0.15) is 11.4 Å². The van der Waals surface area contributed by atoms with E-state index in [0.29, 0.717) is 23.8 Å². The Hall–Kier alpha value is -2.61. The van der Waals surface area contributed by atoms with Crippen LogP contribution in [-0.2, 0) is 4.79 Å². The molecule has 1 aromatic heterocycles. The van der Waals surface area contributed by atoms with Gasteiger partial charge in [-0.25, -0.2) is 4.98 Å². The summed E-state index contributed by atoms with van der Waals surface area (Å²) in [4.78, 5) is 31.3. The second kappa shape index (κ2) is 9.73. The van der Waals surface area contributed by atoms with Crippen LogP contribution in [0.15, 0.2) is 29.6 Å². The lowest BCUT2D eigenvalue weighted by atomic mass is 10.2. The number of thiazole rings is 1. The molecule has 2 aromatic rings. The number of carbonyl (C=O) groups is 2. The second-order valence-corrected chi connectivity index (χ2v) is 8.11. The van der Waals surface area contributed by atoms with Gasteiger partial charge in [0, 0.05) is 36.1 Å². The molecule has 0 aliphatic heterocycles. The van der Waals surface area contributed by atoms with Crippen LogP contribution in [0.25, 0.3) is 0 Å². The average Bonchev–Trinajstić information content (AvgIpc) is 3.46. The lowest BCUT2D eigenvalue weighted by Crippen LogP contribution is -2.38. The van der Waals surface area contributed by atoms with Gasteiger partial charge in [0.25, 0.3) is 5.91 Å². The summed E-state index contributed by atoms with van der Waals surface area (Å²) in [5.74, 6) is 0.656. The number of aromatic nitrogens is 1. The number of rotatable bonds is 10. The van der Waals surface area contributed by atoms with Crippen LogP contribution in [0.1, 0.15) is 50.0 Å². The van der Waals surface area contributed by atoms with Crippen molar-refractivity contribution in [3.8, 4) is 5.75 Å². The predicted octanol–water partition coefficient (Wildman–Crippen LogP) is 3.80. The first kappa shape index (κ1) is 21.1. The van der Waals surface area contributed by atoms with Crippen molar-refractivity contribution in [3.63, 3.8) is 0 Å². The van der Waals surface area contributed by atoms with Gasteiger partial charge < -0.3 is 20.3 Å². The van der Waals surface area contributed by atoms with Crippen LogP contribution in [-0.4, -0.2) is 47.4 Å². The number of hydrogen-bond donors (Lipinski definition) is 2. The largest absolute Gasteiger partial charge is 0.497 e. The molecule has 1 heterocycles. The van der Waals surface area contributed by atoms with Crippen LogP contribution >= 0.6 is 11.3 Å². The Bertz CT molecular complexity index is 833. The molecular formula is C21H28N4O3S. The number of anilines is 2. The highest BCUT2D eigenvalue weighted by Gasteiger charge is 2.34. The van der Waals surface area contributed by atoms with Crippen molar-refractivity contribution in [1.29, 1.82) is 0 Å². The van der Waals surface area contributed by atoms with E-state index in [0.717, 1.165) is 30.7 Å². The first-order valence-electron chi connectivity index (χ1n) is 9.97. The number of benzene rings is 1. The van der Waals surface area contributed by atoms with Crippen LogP contribution in [0.5, 0.6) is 5.75 Å². The van der Waals surface area contributed by atoms with E-state index in [1.54, 1.807) is 17.4 Å². The number of amides is 2. The van der Waals surface area contributed by atoms with Gasteiger partial charge in [-0.15, -0.1) is 11.3 Å². The number of hydrogen-bond acceptors (Lipinski definition) is 6. The van der Waals surface area contributed by atoms with Gasteiger partial charge in [0.15, 0.2) is 5.13 Å². The highest BCUT2D eigenvalue weighted by atomic mass is 32.1. The number of ether oxygens (including phenoxy) is 1. The Morgan fingerprint density at radius 1 is 1.31 bits per heavy atom. The first-order chi connectivity index (χ1) is 14.0. The molecule has 1 atom stereocenters. The summed E-state index contributed by atoms with van der Waals surface area (Å²) in [6.07, 6.45) is 3.17. The van der Waals surface area contributed by atoms with E-state index in [2.05, 4.69) is 15.6 Å². The Morgan fingerprint density at radius 3 is 2.66 bits per heavy atom. The second-order valence-electron chi connectivity index (χ2n) is 7.25. The van der Waals surface area contributed by atoms with Crippen LogP contribution in [0.2, 0.25) is 0 Å². The molecule has 0 radical (unpaired) electrons. The lowest BCUT2D eigenvalue weighted by Gasteiger charge is -2.21. The summed E-state index contributed by atoms with van der Waals surface area (Å²) in [6.45, 7) is 4.43. The maximum absolute atomic E-state index is 13.0. The number of nitrogens with one attached hydrogen (secondary N) is 2. The normalized spacial score (nSPS) is 14.2. The minimum Gasteiger partial charge on any atom is -0.497 e. The summed E-state index contributed by atoms with van der Waals surface area (Å²) in [5, 5.41) is 8.59. The molecule has 29 heavy (non-hydrogen) atoms. The summed E-state index contributed by atoms with van der Waals surface area (Å²) in [6, 6.07) is 7.89. The Labute approximate surface area is 175 Å². The molecule has 0 bridgehead atoms. The lowest BCUT2D eigenvalue weighted by molar-refractivity contribution is -0.121. The molecule has 8 heteroatoms. The smallest absolute Gasteiger partial charge is 0.273 e. The molecule has 156 valence electrons. The van der Waals surface area contributed by atoms with Crippen LogP contribution in [0.3, 0.4) is 0 Å². The number of carbonyl (C=O) groups excluding carboxylic acids is 2. The molecule has 1 aromatic carbocycles. The van der Waals surface area contributed by atoms with E-state index in [4.69, 9.17) is 4.74 Å². The van der Waals surface area contributed by atoms with Gasteiger partial charge in [0.05, 0.1) is 7.11 Å². The maximum atomic E-state index is 13.0.